The van der Waals surface area contributed by atoms with Gasteiger partial charge >= 0.3 is 5.97 Å². The molecule has 2 aromatic rings. The third-order valence-electron chi connectivity index (χ3n) is 4.49. The first-order valence-electron chi connectivity index (χ1n) is 8.07. The molecule has 0 spiro atoms. The van der Waals surface area contributed by atoms with Crippen molar-refractivity contribution in [3.05, 3.63) is 38.3 Å². The second-order valence-corrected chi connectivity index (χ2v) is 7.29. The summed E-state index contributed by atoms with van der Waals surface area (Å²) in [5, 5.41) is 16.7. The summed E-state index contributed by atoms with van der Waals surface area (Å²) in [5.74, 6) is -1.13. The third-order valence-corrected chi connectivity index (χ3v) is 5.75. The van der Waals surface area contributed by atoms with E-state index in [1.165, 1.54) is 0 Å². The SMILES string of the molecule is Cc1nn(C)cc1C(C)NC(=O)c1sc(C(=O)O)c2c1CCCC2. The molecule has 0 bridgehead atoms. The van der Waals surface area contributed by atoms with Crippen LogP contribution in [0.4, 0.5) is 0 Å². The van der Waals surface area contributed by atoms with E-state index >= 15 is 0 Å². The summed E-state index contributed by atoms with van der Waals surface area (Å²) in [4.78, 5) is 25.1. The standard InChI is InChI=1S/C17H21N3O3S/c1-9(13-8-20(3)19-10(13)2)18-16(21)14-11-6-4-5-7-12(11)15(24-14)17(22)23/h8-9H,4-7H2,1-3H3,(H,18,21)(H,22,23). The van der Waals surface area contributed by atoms with Gasteiger partial charge in [-0.3, -0.25) is 9.48 Å². The molecule has 0 saturated carbocycles. The molecule has 0 aliphatic heterocycles. The van der Waals surface area contributed by atoms with Crippen LogP contribution < -0.4 is 5.32 Å². The van der Waals surface area contributed by atoms with Gasteiger partial charge in [-0.05, 0) is 50.7 Å². The minimum atomic E-state index is -0.937. The van der Waals surface area contributed by atoms with Crippen LogP contribution >= 0.6 is 11.3 Å². The third kappa shape index (κ3) is 2.96. The number of amides is 1. The predicted molar refractivity (Wildman–Crippen MR) is 91.7 cm³/mol. The Morgan fingerprint density at radius 1 is 1.29 bits per heavy atom. The number of carboxylic acid groups (broad SMARTS) is 1. The van der Waals surface area contributed by atoms with Crippen LogP contribution in [-0.2, 0) is 19.9 Å². The molecule has 0 aromatic carbocycles. The van der Waals surface area contributed by atoms with Gasteiger partial charge in [-0.15, -0.1) is 11.3 Å². The second kappa shape index (κ2) is 6.39. The second-order valence-electron chi connectivity index (χ2n) is 6.27. The number of carbonyl (C=O) groups excluding carboxylic acids is 1. The number of aromatic carboxylic acids is 1. The molecule has 0 saturated heterocycles. The highest BCUT2D eigenvalue weighted by Gasteiger charge is 2.28. The van der Waals surface area contributed by atoms with Crippen molar-refractivity contribution < 1.29 is 14.7 Å². The summed E-state index contributed by atoms with van der Waals surface area (Å²) in [6.45, 7) is 3.83. The van der Waals surface area contributed by atoms with Gasteiger partial charge in [0.05, 0.1) is 16.6 Å². The number of rotatable bonds is 4. The fourth-order valence-corrected chi connectivity index (χ4v) is 4.51. The highest BCUT2D eigenvalue weighted by atomic mass is 32.1. The first-order chi connectivity index (χ1) is 11.4. The minimum Gasteiger partial charge on any atom is -0.477 e. The van der Waals surface area contributed by atoms with E-state index in [-0.39, 0.29) is 11.9 Å². The van der Waals surface area contributed by atoms with Gasteiger partial charge in [0.15, 0.2) is 0 Å². The Balaban J connectivity index is 1.87. The van der Waals surface area contributed by atoms with Crippen LogP contribution in [0.3, 0.4) is 0 Å². The lowest BCUT2D eigenvalue weighted by molar-refractivity contribution is 0.0700. The molecule has 0 fully saturated rings. The number of aromatic nitrogens is 2. The molecule has 1 atom stereocenters. The summed E-state index contributed by atoms with van der Waals surface area (Å²) in [6, 6.07) is -0.180. The highest BCUT2D eigenvalue weighted by molar-refractivity contribution is 7.16. The first-order valence-corrected chi connectivity index (χ1v) is 8.89. The average Bonchev–Trinajstić information content (AvgIpc) is 3.07. The fourth-order valence-electron chi connectivity index (χ4n) is 3.37. The van der Waals surface area contributed by atoms with Gasteiger partial charge in [0.1, 0.15) is 4.88 Å². The summed E-state index contributed by atoms with van der Waals surface area (Å²) >= 11 is 1.11. The molecular weight excluding hydrogens is 326 g/mol. The lowest BCUT2D eigenvalue weighted by Gasteiger charge is -2.16. The molecule has 7 heteroatoms. The zero-order valence-corrected chi connectivity index (χ0v) is 14.9. The van der Waals surface area contributed by atoms with Crippen LogP contribution in [-0.4, -0.2) is 26.8 Å². The molecule has 2 N–H and O–H groups in total. The molecule has 1 aliphatic rings. The zero-order valence-electron chi connectivity index (χ0n) is 14.0. The van der Waals surface area contributed by atoms with Gasteiger partial charge in [0.2, 0.25) is 0 Å². The average molecular weight is 347 g/mol. The molecule has 24 heavy (non-hydrogen) atoms. The molecule has 1 aliphatic carbocycles. The Labute approximate surface area is 144 Å². The van der Waals surface area contributed by atoms with Crippen molar-refractivity contribution in [2.45, 2.75) is 45.6 Å². The Hall–Kier alpha value is -2.15. The zero-order chi connectivity index (χ0) is 17.4. The van der Waals surface area contributed by atoms with E-state index < -0.39 is 5.97 Å². The number of fused-ring (bicyclic) bond motifs is 1. The molecule has 1 amide bonds. The number of carbonyl (C=O) groups is 2. The van der Waals surface area contributed by atoms with Crippen molar-refractivity contribution in [3.8, 4) is 0 Å². The van der Waals surface area contributed by atoms with Crippen LogP contribution in [0, 0.1) is 6.92 Å². The van der Waals surface area contributed by atoms with Gasteiger partial charge in [-0.1, -0.05) is 0 Å². The Bertz CT molecular complexity index is 806. The van der Waals surface area contributed by atoms with Crippen LogP contribution in [0.15, 0.2) is 6.20 Å². The minimum absolute atomic E-state index is 0.180. The van der Waals surface area contributed by atoms with Crippen molar-refractivity contribution in [1.82, 2.24) is 15.1 Å². The number of aryl methyl sites for hydroxylation is 2. The summed E-state index contributed by atoms with van der Waals surface area (Å²) in [6.07, 6.45) is 5.41. The summed E-state index contributed by atoms with van der Waals surface area (Å²) in [5.41, 5.74) is 3.63. The van der Waals surface area contributed by atoms with Crippen LogP contribution in [0.1, 0.15) is 67.5 Å². The van der Waals surface area contributed by atoms with E-state index in [4.69, 9.17) is 0 Å². The number of nitrogens with one attached hydrogen (secondary N) is 1. The number of hydrogen-bond donors (Lipinski definition) is 2. The molecule has 1 unspecified atom stereocenters. The Morgan fingerprint density at radius 2 is 1.92 bits per heavy atom. The molecule has 6 nitrogen and oxygen atoms in total. The van der Waals surface area contributed by atoms with Crippen molar-refractivity contribution in [1.29, 1.82) is 0 Å². The monoisotopic (exact) mass is 347 g/mol. The topological polar surface area (TPSA) is 84.2 Å². The molecular formula is C17H21N3O3S. The predicted octanol–water partition coefficient (Wildman–Crippen LogP) is 2.86. The van der Waals surface area contributed by atoms with E-state index in [0.29, 0.717) is 9.75 Å². The van der Waals surface area contributed by atoms with Gasteiger partial charge < -0.3 is 10.4 Å². The number of carboxylic acids is 1. The fraction of sp³-hybridized carbons (Fsp3) is 0.471. The van der Waals surface area contributed by atoms with Crippen molar-refractivity contribution in [3.63, 3.8) is 0 Å². The van der Waals surface area contributed by atoms with Crippen LogP contribution in [0.2, 0.25) is 0 Å². The number of hydrogen-bond acceptors (Lipinski definition) is 4. The van der Waals surface area contributed by atoms with E-state index in [1.807, 2.05) is 27.1 Å². The summed E-state index contributed by atoms with van der Waals surface area (Å²) in [7, 11) is 1.85. The van der Waals surface area contributed by atoms with Gasteiger partial charge in [-0.25, -0.2) is 4.79 Å². The van der Waals surface area contributed by atoms with Crippen molar-refractivity contribution in [2.75, 3.05) is 0 Å². The van der Waals surface area contributed by atoms with E-state index in [2.05, 4.69) is 10.4 Å². The number of nitrogens with zero attached hydrogens (tertiary/aromatic N) is 2. The molecule has 3 rings (SSSR count). The largest absolute Gasteiger partial charge is 0.477 e. The smallest absolute Gasteiger partial charge is 0.346 e. The van der Waals surface area contributed by atoms with Crippen molar-refractivity contribution >= 4 is 23.2 Å². The molecule has 2 heterocycles. The molecule has 0 radical (unpaired) electrons. The summed E-state index contributed by atoms with van der Waals surface area (Å²) < 4.78 is 1.73. The van der Waals surface area contributed by atoms with Crippen molar-refractivity contribution in [2.24, 2.45) is 7.05 Å². The Kier molecular flexibility index (Phi) is 4.45. The lowest BCUT2D eigenvalue weighted by Crippen LogP contribution is -2.27. The highest BCUT2D eigenvalue weighted by Crippen LogP contribution is 2.35. The molecule has 2 aromatic heterocycles. The quantitative estimate of drug-likeness (QED) is 0.891. The van der Waals surface area contributed by atoms with Gasteiger partial charge in [0, 0.05) is 18.8 Å². The van der Waals surface area contributed by atoms with Crippen LogP contribution in [0.5, 0.6) is 0 Å². The van der Waals surface area contributed by atoms with Crippen LogP contribution in [0.25, 0.3) is 0 Å². The van der Waals surface area contributed by atoms with Gasteiger partial charge in [0.25, 0.3) is 5.91 Å². The first kappa shape index (κ1) is 16.7. The maximum absolute atomic E-state index is 12.7. The van der Waals surface area contributed by atoms with Gasteiger partial charge in [-0.2, -0.15) is 5.10 Å². The number of thiophene rings is 1. The van der Waals surface area contributed by atoms with E-state index in [1.54, 1.807) is 4.68 Å². The maximum Gasteiger partial charge on any atom is 0.346 e. The van der Waals surface area contributed by atoms with E-state index in [0.717, 1.165) is 59.4 Å². The molecule has 128 valence electrons. The normalized spacial score (nSPS) is 15.0. The van der Waals surface area contributed by atoms with E-state index in [9.17, 15) is 14.7 Å². The lowest BCUT2D eigenvalue weighted by atomic mass is 9.92. The maximum atomic E-state index is 12.7. The Morgan fingerprint density at radius 3 is 2.46 bits per heavy atom.